The molecule has 1 unspecified atom stereocenters. The number of halogens is 1. The van der Waals surface area contributed by atoms with Gasteiger partial charge in [0.1, 0.15) is 12.4 Å². The van der Waals surface area contributed by atoms with Crippen LogP contribution in [0.2, 0.25) is 5.02 Å². The van der Waals surface area contributed by atoms with Gasteiger partial charge in [-0.1, -0.05) is 102 Å². The largest absolute Gasteiger partial charge is 0.507 e. The predicted molar refractivity (Wildman–Crippen MR) is 165 cm³/mol. The first-order valence-corrected chi connectivity index (χ1v) is 15.2. The molecule has 1 saturated heterocycles. The lowest BCUT2D eigenvalue weighted by atomic mass is 9.95. The number of aliphatic hydroxyl groups is 1. The highest BCUT2D eigenvalue weighted by Crippen LogP contribution is 2.45. The molecular weight excluding hydrogens is 594 g/mol. The number of rotatable bonds is 11. The molecule has 2 heterocycles. The van der Waals surface area contributed by atoms with Crippen molar-refractivity contribution in [2.75, 3.05) is 18.1 Å². The van der Waals surface area contributed by atoms with Gasteiger partial charge in [0.2, 0.25) is 5.13 Å². The minimum atomic E-state index is -0.993. The number of aliphatic hydroxyl groups excluding tert-OH is 1. The number of ether oxygens (including phenoxy) is 2. The van der Waals surface area contributed by atoms with Crippen molar-refractivity contribution in [3.8, 4) is 11.5 Å². The first-order chi connectivity index (χ1) is 20.4. The van der Waals surface area contributed by atoms with E-state index in [9.17, 15) is 14.7 Å². The molecule has 11 heteroatoms. The molecule has 0 aliphatic carbocycles. The van der Waals surface area contributed by atoms with Gasteiger partial charge in [-0.15, -0.1) is 10.2 Å². The molecule has 3 aromatic carbocycles. The fourth-order valence-corrected chi connectivity index (χ4v) is 6.59. The topological polar surface area (TPSA) is 102 Å². The Labute approximate surface area is 256 Å². The number of carbonyl (C=O) groups is 2. The number of hydrogen-bond acceptors (Lipinski definition) is 9. The number of nitrogens with zero attached hydrogens (tertiary/aromatic N) is 3. The fraction of sp³-hybridized carbons (Fsp3) is 0.161. The predicted octanol–water partition coefficient (Wildman–Crippen LogP) is 7.07. The molecule has 1 N–H and O–H groups in total. The number of hydrogen-bond donors (Lipinski definition) is 1. The van der Waals surface area contributed by atoms with Crippen LogP contribution in [0.4, 0.5) is 5.13 Å². The molecule has 0 spiro atoms. The van der Waals surface area contributed by atoms with Gasteiger partial charge >= 0.3 is 5.91 Å². The van der Waals surface area contributed by atoms with Gasteiger partial charge in [0.05, 0.1) is 18.2 Å². The van der Waals surface area contributed by atoms with Crippen LogP contribution in [0.5, 0.6) is 11.5 Å². The zero-order chi connectivity index (χ0) is 29.6. The lowest BCUT2D eigenvalue weighted by Crippen LogP contribution is -2.29. The van der Waals surface area contributed by atoms with Crippen molar-refractivity contribution in [1.29, 1.82) is 0 Å². The smallest absolute Gasteiger partial charge is 0.301 e. The Morgan fingerprint density at radius 2 is 1.83 bits per heavy atom. The van der Waals surface area contributed by atoms with Gasteiger partial charge in [-0.2, -0.15) is 0 Å². The molecule has 214 valence electrons. The molecule has 1 fully saturated rings. The van der Waals surface area contributed by atoms with Crippen LogP contribution in [-0.4, -0.2) is 40.2 Å². The van der Waals surface area contributed by atoms with Gasteiger partial charge in [-0.3, -0.25) is 14.5 Å². The van der Waals surface area contributed by atoms with Crippen LogP contribution in [0, 0.1) is 0 Å². The first kappa shape index (κ1) is 29.4. The number of amides is 1. The Morgan fingerprint density at radius 3 is 2.57 bits per heavy atom. The van der Waals surface area contributed by atoms with Gasteiger partial charge in [0.25, 0.3) is 5.78 Å². The van der Waals surface area contributed by atoms with Crippen molar-refractivity contribution in [2.45, 2.75) is 23.1 Å². The number of anilines is 1. The molecule has 1 amide bonds. The number of Topliss-reactive ketones (excluding diaryl/α,β-unsaturated/α-hetero) is 1. The standard InChI is InChI=1S/C31H26ClN3O5S2/c1-3-16-40-23-15-14-20(17-24(23)39-4-2)26-25(27(36)19-10-6-5-7-11-19)28(37)29(38)35(26)30-33-34-31(42-30)41-18-21-12-8-9-13-22(21)32/h3,5-15,17,26,36H,1,4,16,18H2,2H3/b27-25+. The lowest BCUT2D eigenvalue weighted by Gasteiger charge is -2.23. The minimum absolute atomic E-state index is 0.0612. The van der Waals surface area contributed by atoms with E-state index in [-0.39, 0.29) is 23.1 Å². The average molecular weight is 620 g/mol. The Bertz CT molecular complexity index is 1660. The quantitative estimate of drug-likeness (QED) is 0.0475. The van der Waals surface area contributed by atoms with Crippen molar-refractivity contribution in [1.82, 2.24) is 10.2 Å². The zero-order valence-corrected chi connectivity index (χ0v) is 24.9. The molecule has 1 atom stereocenters. The van der Waals surface area contributed by atoms with Gasteiger partial charge in [0, 0.05) is 16.3 Å². The zero-order valence-electron chi connectivity index (χ0n) is 22.5. The van der Waals surface area contributed by atoms with E-state index in [1.165, 1.54) is 28.0 Å². The van der Waals surface area contributed by atoms with Crippen molar-refractivity contribution >= 4 is 57.3 Å². The number of carbonyl (C=O) groups excluding carboxylic acids is 2. The summed E-state index contributed by atoms with van der Waals surface area (Å²) in [4.78, 5) is 28.4. The van der Waals surface area contributed by atoms with Crippen LogP contribution in [0.15, 0.2) is 95.4 Å². The summed E-state index contributed by atoms with van der Waals surface area (Å²) in [5, 5.41) is 20.8. The third kappa shape index (κ3) is 6.06. The molecule has 1 aliphatic heterocycles. The summed E-state index contributed by atoms with van der Waals surface area (Å²) in [6, 6.07) is 20.3. The second-order valence-corrected chi connectivity index (χ2v) is 11.6. The molecule has 0 radical (unpaired) electrons. The second kappa shape index (κ2) is 13.2. The van der Waals surface area contributed by atoms with E-state index in [1.54, 1.807) is 54.6 Å². The molecule has 0 saturated carbocycles. The van der Waals surface area contributed by atoms with E-state index >= 15 is 0 Å². The van der Waals surface area contributed by atoms with E-state index < -0.39 is 17.7 Å². The van der Waals surface area contributed by atoms with Crippen molar-refractivity contribution < 1.29 is 24.2 Å². The van der Waals surface area contributed by atoms with E-state index in [1.807, 2.05) is 31.2 Å². The third-order valence-electron chi connectivity index (χ3n) is 6.34. The molecule has 8 nitrogen and oxygen atoms in total. The molecule has 1 aliphatic rings. The van der Waals surface area contributed by atoms with Crippen molar-refractivity contribution in [2.24, 2.45) is 0 Å². The first-order valence-electron chi connectivity index (χ1n) is 13.0. The van der Waals surface area contributed by atoms with Gasteiger partial charge in [0.15, 0.2) is 15.8 Å². The third-order valence-corrected chi connectivity index (χ3v) is 8.82. The Hall–Kier alpha value is -4.12. The maximum absolute atomic E-state index is 13.6. The maximum atomic E-state index is 13.6. The van der Waals surface area contributed by atoms with E-state index in [2.05, 4.69) is 16.8 Å². The van der Waals surface area contributed by atoms with Gasteiger partial charge in [-0.05, 0) is 36.2 Å². The summed E-state index contributed by atoms with van der Waals surface area (Å²) in [7, 11) is 0. The van der Waals surface area contributed by atoms with Crippen LogP contribution < -0.4 is 14.4 Å². The molecule has 5 rings (SSSR count). The van der Waals surface area contributed by atoms with Gasteiger partial charge in [-0.25, -0.2) is 0 Å². The van der Waals surface area contributed by atoms with Gasteiger partial charge < -0.3 is 14.6 Å². The molecule has 0 bridgehead atoms. The number of benzene rings is 3. The summed E-state index contributed by atoms with van der Waals surface area (Å²) >= 11 is 8.90. The summed E-state index contributed by atoms with van der Waals surface area (Å²) in [6.07, 6.45) is 1.62. The summed E-state index contributed by atoms with van der Waals surface area (Å²) in [6.45, 7) is 6.16. The van der Waals surface area contributed by atoms with Crippen LogP contribution >= 0.6 is 34.7 Å². The van der Waals surface area contributed by atoms with Crippen molar-refractivity contribution in [3.05, 3.63) is 113 Å². The number of aromatic nitrogens is 2. The molecule has 1 aromatic heterocycles. The highest BCUT2D eigenvalue weighted by atomic mass is 35.5. The molecular formula is C31H26ClN3O5S2. The molecule has 42 heavy (non-hydrogen) atoms. The Balaban J connectivity index is 1.58. The number of thioether (sulfide) groups is 1. The van der Waals surface area contributed by atoms with Crippen LogP contribution in [-0.2, 0) is 15.3 Å². The van der Waals surface area contributed by atoms with E-state index in [0.717, 1.165) is 5.56 Å². The minimum Gasteiger partial charge on any atom is -0.507 e. The summed E-state index contributed by atoms with van der Waals surface area (Å²) in [5.41, 5.74) is 1.81. The van der Waals surface area contributed by atoms with E-state index in [4.69, 9.17) is 21.1 Å². The average Bonchev–Trinajstić information content (AvgIpc) is 3.58. The molecule has 4 aromatic rings. The Morgan fingerprint density at radius 1 is 1.07 bits per heavy atom. The SMILES string of the molecule is C=CCOc1ccc(C2/C(=C(\O)c3ccccc3)C(=O)C(=O)N2c2nnc(SCc3ccccc3Cl)s2)cc1OCC. The number of ketones is 1. The highest BCUT2D eigenvalue weighted by molar-refractivity contribution is 8.00. The summed E-state index contributed by atoms with van der Waals surface area (Å²) < 4.78 is 12.2. The Kier molecular flexibility index (Phi) is 9.26. The highest BCUT2D eigenvalue weighted by Gasteiger charge is 2.48. The summed E-state index contributed by atoms with van der Waals surface area (Å²) in [5.74, 6) is -0.476. The van der Waals surface area contributed by atoms with Crippen LogP contribution in [0.25, 0.3) is 5.76 Å². The maximum Gasteiger partial charge on any atom is 0.301 e. The monoisotopic (exact) mass is 619 g/mol. The lowest BCUT2D eigenvalue weighted by molar-refractivity contribution is -0.132. The van der Waals surface area contributed by atoms with Crippen LogP contribution in [0.3, 0.4) is 0 Å². The van der Waals surface area contributed by atoms with Crippen molar-refractivity contribution in [3.63, 3.8) is 0 Å². The fourth-order valence-electron chi connectivity index (χ4n) is 4.44. The van der Waals surface area contributed by atoms with E-state index in [0.29, 0.717) is 44.3 Å². The normalized spacial score (nSPS) is 16.0. The second-order valence-electron chi connectivity index (χ2n) is 9.00. The van der Waals surface area contributed by atoms with Crippen LogP contribution in [0.1, 0.15) is 29.7 Å².